The molecule has 1 heterocycles. The Kier molecular flexibility index (Phi) is 3.87. The molecule has 0 saturated heterocycles. The van der Waals surface area contributed by atoms with Gasteiger partial charge in [0.25, 0.3) is 0 Å². The molecule has 2 rings (SSSR count). The van der Waals surface area contributed by atoms with Crippen LogP contribution in [-0.2, 0) is 11.2 Å². The number of carboxylic acids is 1. The number of aliphatic carboxylic acids is 1. The van der Waals surface area contributed by atoms with Crippen LogP contribution in [0.15, 0.2) is 18.2 Å². The van der Waals surface area contributed by atoms with E-state index in [1.807, 2.05) is 37.2 Å². The lowest BCUT2D eigenvalue weighted by Crippen LogP contribution is -2.26. The van der Waals surface area contributed by atoms with Crippen molar-refractivity contribution < 1.29 is 14.6 Å². The van der Waals surface area contributed by atoms with Crippen molar-refractivity contribution in [1.29, 1.82) is 0 Å². The third-order valence-corrected chi connectivity index (χ3v) is 3.18. The van der Waals surface area contributed by atoms with Gasteiger partial charge in [-0.25, -0.2) is 0 Å². The summed E-state index contributed by atoms with van der Waals surface area (Å²) >= 11 is 0. The third-order valence-electron chi connectivity index (χ3n) is 3.18. The molecule has 1 atom stereocenters. The molecular formula is C14H19NO3. The lowest BCUT2D eigenvalue weighted by atomic mass is 9.94. The highest BCUT2D eigenvalue weighted by Crippen LogP contribution is 2.28. The topological polar surface area (TPSA) is 49.8 Å². The van der Waals surface area contributed by atoms with E-state index >= 15 is 0 Å². The van der Waals surface area contributed by atoms with Gasteiger partial charge in [-0.05, 0) is 44.1 Å². The van der Waals surface area contributed by atoms with E-state index in [1.165, 1.54) is 0 Å². The molecule has 1 aliphatic heterocycles. The number of carboxylic acid groups (broad SMARTS) is 1. The SMILES string of the molecule is CN(C)CC(C(=O)O)c1ccc2c(c1)CCCO2. The van der Waals surface area contributed by atoms with Gasteiger partial charge in [0.15, 0.2) is 0 Å². The number of benzene rings is 1. The molecule has 0 saturated carbocycles. The van der Waals surface area contributed by atoms with Crippen LogP contribution in [0.2, 0.25) is 0 Å². The van der Waals surface area contributed by atoms with Crippen LogP contribution in [0.3, 0.4) is 0 Å². The first-order valence-electron chi connectivity index (χ1n) is 6.21. The molecule has 0 bridgehead atoms. The number of aryl methyl sites for hydroxylation is 1. The number of hydrogen-bond donors (Lipinski definition) is 1. The molecule has 1 aromatic carbocycles. The summed E-state index contributed by atoms with van der Waals surface area (Å²) in [6.07, 6.45) is 1.97. The Morgan fingerprint density at radius 2 is 2.28 bits per heavy atom. The first kappa shape index (κ1) is 12.9. The molecule has 1 aromatic rings. The molecule has 1 unspecified atom stereocenters. The zero-order chi connectivity index (χ0) is 13.1. The van der Waals surface area contributed by atoms with Gasteiger partial charge in [-0.15, -0.1) is 0 Å². The molecular weight excluding hydrogens is 230 g/mol. The summed E-state index contributed by atoms with van der Waals surface area (Å²) in [5.41, 5.74) is 1.99. The first-order valence-corrected chi connectivity index (χ1v) is 6.21. The molecule has 1 aliphatic rings. The fourth-order valence-electron chi connectivity index (χ4n) is 2.29. The fraction of sp³-hybridized carbons (Fsp3) is 0.500. The second-order valence-electron chi connectivity index (χ2n) is 4.97. The Morgan fingerprint density at radius 3 is 2.94 bits per heavy atom. The molecule has 0 amide bonds. The quantitative estimate of drug-likeness (QED) is 0.883. The van der Waals surface area contributed by atoms with Crippen molar-refractivity contribution in [2.75, 3.05) is 27.2 Å². The van der Waals surface area contributed by atoms with E-state index in [0.717, 1.165) is 36.3 Å². The van der Waals surface area contributed by atoms with Gasteiger partial charge in [0.05, 0.1) is 12.5 Å². The fourth-order valence-corrected chi connectivity index (χ4v) is 2.29. The van der Waals surface area contributed by atoms with Crippen molar-refractivity contribution in [1.82, 2.24) is 4.90 Å². The van der Waals surface area contributed by atoms with Gasteiger partial charge in [0, 0.05) is 6.54 Å². The summed E-state index contributed by atoms with van der Waals surface area (Å²) in [7, 11) is 3.77. The minimum atomic E-state index is -0.777. The number of carbonyl (C=O) groups is 1. The molecule has 4 nitrogen and oxygen atoms in total. The lowest BCUT2D eigenvalue weighted by Gasteiger charge is -2.21. The summed E-state index contributed by atoms with van der Waals surface area (Å²) in [5.74, 6) is -0.355. The molecule has 18 heavy (non-hydrogen) atoms. The zero-order valence-corrected chi connectivity index (χ0v) is 10.8. The average Bonchev–Trinajstić information content (AvgIpc) is 2.35. The molecule has 0 spiro atoms. The van der Waals surface area contributed by atoms with Crippen molar-refractivity contribution in [3.63, 3.8) is 0 Å². The predicted octanol–water partition coefficient (Wildman–Crippen LogP) is 1.74. The summed E-state index contributed by atoms with van der Waals surface area (Å²) < 4.78 is 5.54. The van der Waals surface area contributed by atoms with Gasteiger partial charge in [0.2, 0.25) is 0 Å². The second-order valence-corrected chi connectivity index (χ2v) is 4.97. The van der Waals surface area contributed by atoms with Crippen LogP contribution in [0.4, 0.5) is 0 Å². The second kappa shape index (κ2) is 5.40. The highest BCUT2D eigenvalue weighted by atomic mass is 16.5. The number of hydrogen-bond acceptors (Lipinski definition) is 3. The van der Waals surface area contributed by atoms with Crippen molar-refractivity contribution in [2.45, 2.75) is 18.8 Å². The monoisotopic (exact) mass is 249 g/mol. The van der Waals surface area contributed by atoms with E-state index in [4.69, 9.17) is 4.74 Å². The van der Waals surface area contributed by atoms with Crippen molar-refractivity contribution in [2.24, 2.45) is 0 Å². The van der Waals surface area contributed by atoms with Gasteiger partial charge in [0.1, 0.15) is 5.75 Å². The van der Waals surface area contributed by atoms with E-state index in [-0.39, 0.29) is 0 Å². The third kappa shape index (κ3) is 2.82. The van der Waals surface area contributed by atoms with E-state index in [9.17, 15) is 9.90 Å². The van der Waals surface area contributed by atoms with E-state index in [2.05, 4.69) is 0 Å². The van der Waals surface area contributed by atoms with Crippen molar-refractivity contribution >= 4 is 5.97 Å². The molecule has 4 heteroatoms. The van der Waals surface area contributed by atoms with Crippen LogP contribution in [0.25, 0.3) is 0 Å². The van der Waals surface area contributed by atoms with Gasteiger partial charge in [-0.3, -0.25) is 4.79 Å². The highest BCUT2D eigenvalue weighted by molar-refractivity contribution is 5.76. The number of ether oxygens (including phenoxy) is 1. The Balaban J connectivity index is 2.27. The number of nitrogens with zero attached hydrogens (tertiary/aromatic N) is 1. The van der Waals surface area contributed by atoms with E-state index in [0.29, 0.717) is 6.54 Å². The first-order chi connectivity index (χ1) is 8.58. The minimum Gasteiger partial charge on any atom is -0.493 e. The van der Waals surface area contributed by atoms with Crippen molar-refractivity contribution in [3.8, 4) is 5.75 Å². The predicted molar refractivity (Wildman–Crippen MR) is 69.2 cm³/mol. The number of rotatable bonds is 4. The Labute approximate surface area is 107 Å². The summed E-state index contributed by atoms with van der Waals surface area (Å²) in [6, 6.07) is 5.75. The van der Waals surface area contributed by atoms with E-state index in [1.54, 1.807) is 0 Å². The average molecular weight is 249 g/mol. The molecule has 0 fully saturated rings. The van der Waals surface area contributed by atoms with Crippen LogP contribution >= 0.6 is 0 Å². The maximum atomic E-state index is 11.3. The Bertz CT molecular complexity index is 443. The van der Waals surface area contributed by atoms with Crippen LogP contribution < -0.4 is 4.74 Å². The molecule has 0 aromatic heterocycles. The van der Waals surface area contributed by atoms with E-state index < -0.39 is 11.9 Å². The zero-order valence-electron chi connectivity index (χ0n) is 10.8. The normalized spacial score (nSPS) is 15.9. The molecule has 98 valence electrons. The molecule has 0 aliphatic carbocycles. The summed E-state index contributed by atoms with van der Waals surface area (Å²) in [6.45, 7) is 1.27. The maximum Gasteiger partial charge on any atom is 0.312 e. The maximum absolute atomic E-state index is 11.3. The lowest BCUT2D eigenvalue weighted by molar-refractivity contribution is -0.139. The van der Waals surface area contributed by atoms with Crippen LogP contribution in [-0.4, -0.2) is 43.2 Å². The van der Waals surface area contributed by atoms with Crippen LogP contribution in [0.1, 0.15) is 23.5 Å². The van der Waals surface area contributed by atoms with Gasteiger partial charge < -0.3 is 14.7 Å². The molecule has 1 N–H and O–H groups in total. The Hall–Kier alpha value is -1.55. The largest absolute Gasteiger partial charge is 0.493 e. The van der Waals surface area contributed by atoms with Gasteiger partial charge >= 0.3 is 5.97 Å². The standard InChI is InChI=1S/C14H19NO3/c1-15(2)9-12(14(16)17)10-5-6-13-11(8-10)4-3-7-18-13/h5-6,8,12H,3-4,7,9H2,1-2H3,(H,16,17). The van der Waals surface area contributed by atoms with Crippen molar-refractivity contribution in [3.05, 3.63) is 29.3 Å². The van der Waals surface area contributed by atoms with Crippen LogP contribution in [0.5, 0.6) is 5.75 Å². The van der Waals surface area contributed by atoms with Gasteiger partial charge in [-0.2, -0.15) is 0 Å². The highest BCUT2D eigenvalue weighted by Gasteiger charge is 2.22. The molecule has 0 radical (unpaired) electrons. The summed E-state index contributed by atoms with van der Waals surface area (Å²) in [5, 5.41) is 9.32. The van der Waals surface area contributed by atoms with Crippen LogP contribution in [0, 0.1) is 0 Å². The number of fused-ring (bicyclic) bond motifs is 1. The number of likely N-dealkylation sites (N-methyl/N-ethyl adjacent to an activating group) is 1. The Morgan fingerprint density at radius 1 is 1.50 bits per heavy atom. The van der Waals surface area contributed by atoms with Gasteiger partial charge in [-0.1, -0.05) is 12.1 Å². The summed E-state index contributed by atoms with van der Waals surface area (Å²) in [4.78, 5) is 13.2. The minimum absolute atomic E-state index is 0.479. The smallest absolute Gasteiger partial charge is 0.312 e.